The molecule has 70 valence electrons. The fraction of sp³-hybridized carbons (Fsp3) is 0.400. The van der Waals surface area contributed by atoms with Gasteiger partial charge in [0.2, 0.25) is 0 Å². The van der Waals surface area contributed by atoms with Crippen LogP contribution in [-0.2, 0) is 6.42 Å². The van der Waals surface area contributed by atoms with Gasteiger partial charge in [0.15, 0.2) is 0 Å². The number of hydrogen-bond donors (Lipinski definition) is 2. The standard InChI is InChI=1S/C10H13NO2/c11-9(6-12)8-2-1-7-3-4-13-10(7)5-8/h1-2,5,9,12H,3-4,6,11H2/t9-/m0/s1. The molecule has 0 spiro atoms. The first kappa shape index (κ1) is 8.53. The Morgan fingerprint density at radius 2 is 2.38 bits per heavy atom. The van der Waals surface area contributed by atoms with E-state index in [1.54, 1.807) is 0 Å². The number of hydrogen-bond acceptors (Lipinski definition) is 3. The second-order valence-corrected chi connectivity index (χ2v) is 3.25. The van der Waals surface area contributed by atoms with E-state index >= 15 is 0 Å². The van der Waals surface area contributed by atoms with Crippen LogP contribution in [0.25, 0.3) is 0 Å². The molecule has 1 atom stereocenters. The molecule has 13 heavy (non-hydrogen) atoms. The highest BCUT2D eigenvalue weighted by Crippen LogP contribution is 2.27. The molecule has 3 nitrogen and oxygen atoms in total. The number of nitrogens with two attached hydrogens (primary N) is 1. The van der Waals surface area contributed by atoms with Crippen LogP contribution in [0.15, 0.2) is 18.2 Å². The van der Waals surface area contributed by atoms with Gasteiger partial charge < -0.3 is 15.6 Å². The summed E-state index contributed by atoms with van der Waals surface area (Å²) in [5.74, 6) is 0.918. The maximum atomic E-state index is 8.87. The highest BCUT2D eigenvalue weighted by molar-refractivity contribution is 5.41. The second kappa shape index (κ2) is 3.36. The summed E-state index contributed by atoms with van der Waals surface area (Å²) in [7, 11) is 0. The summed E-state index contributed by atoms with van der Waals surface area (Å²) in [5, 5.41) is 8.87. The lowest BCUT2D eigenvalue weighted by molar-refractivity contribution is 0.267. The highest BCUT2D eigenvalue weighted by Gasteiger charge is 2.13. The maximum absolute atomic E-state index is 8.87. The largest absolute Gasteiger partial charge is 0.493 e. The lowest BCUT2D eigenvalue weighted by Gasteiger charge is -2.09. The number of rotatable bonds is 2. The molecule has 2 rings (SSSR count). The van der Waals surface area contributed by atoms with E-state index in [0.717, 1.165) is 24.3 Å². The summed E-state index contributed by atoms with van der Waals surface area (Å²) in [6, 6.07) is 5.60. The molecule has 0 aliphatic carbocycles. The summed E-state index contributed by atoms with van der Waals surface area (Å²) in [6.07, 6.45) is 0.976. The number of fused-ring (bicyclic) bond motifs is 1. The van der Waals surface area contributed by atoms with E-state index in [-0.39, 0.29) is 12.6 Å². The van der Waals surface area contributed by atoms with E-state index in [1.165, 1.54) is 5.56 Å². The first-order valence-corrected chi connectivity index (χ1v) is 4.43. The Bertz CT molecular complexity index is 312. The predicted octanol–water partition coefficient (Wildman–Crippen LogP) is 0.614. The zero-order valence-corrected chi connectivity index (χ0v) is 7.36. The van der Waals surface area contributed by atoms with Crippen LogP contribution in [0.5, 0.6) is 5.75 Å². The quantitative estimate of drug-likeness (QED) is 0.699. The minimum Gasteiger partial charge on any atom is -0.493 e. The molecule has 0 bridgehead atoms. The van der Waals surface area contributed by atoms with Crippen molar-refractivity contribution in [3.8, 4) is 5.75 Å². The summed E-state index contributed by atoms with van der Waals surface area (Å²) < 4.78 is 5.40. The summed E-state index contributed by atoms with van der Waals surface area (Å²) in [4.78, 5) is 0. The number of aliphatic hydroxyl groups is 1. The van der Waals surface area contributed by atoms with Gasteiger partial charge in [-0.1, -0.05) is 12.1 Å². The van der Waals surface area contributed by atoms with Crippen LogP contribution in [-0.4, -0.2) is 18.3 Å². The zero-order chi connectivity index (χ0) is 9.26. The summed E-state index contributed by atoms with van der Waals surface area (Å²) in [6.45, 7) is 0.728. The van der Waals surface area contributed by atoms with Gasteiger partial charge in [-0.3, -0.25) is 0 Å². The molecule has 3 N–H and O–H groups in total. The lowest BCUT2D eigenvalue weighted by Crippen LogP contribution is -2.14. The smallest absolute Gasteiger partial charge is 0.122 e. The van der Waals surface area contributed by atoms with Crippen molar-refractivity contribution in [1.82, 2.24) is 0 Å². The molecule has 3 heteroatoms. The SMILES string of the molecule is N[C@@H](CO)c1ccc2c(c1)OCC2. The Morgan fingerprint density at radius 1 is 1.54 bits per heavy atom. The van der Waals surface area contributed by atoms with Crippen molar-refractivity contribution in [2.24, 2.45) is 5.73 Å². The van der Waals surface area contributed by atoms with Crippen molar-refractivity contribution in [3.63, 3.8) is 0 Å². The van der Waals surface area contributed by atoms with Gasteiger partial charge in [-0.15, -0.1) is 0 Å². The molecule has 0 saturated heterocycles. The monoisotopic (exact) mass is 179 g/mol. The average Bonchev–Trinajstić information content (AvgIpc) is 2.63. The molecule has 0 saturated carbocycles. The van der Waals surface area contributed by atoms with Crippen molar-refractivity contribution >= 4 is 0 Å². The second-order valence-electron chi connectivity index (χ2n) is 3.25. The topological polar surface area (TPSA) is 55.5 Å². The van der Waals surface area contributed by atoms with Crippen LogP contribution in [0.2, 0.25) is 0 Å². The van der Waals surface area contributed by atoms with Crippen molar-refractivity contribution in [1.29, 1.82) is 0 Å². The summed E-state index contributed by atoms with van der Waals surface area (Å²) in [5.41, 5.74) is 7.85. The van der Waals surface area contributed by atoms with Crippen LogP contribution in [0, 0.1) is 0 Å². The normalized spacial score (nSPS) is 16.5. The molecule has 0 radical (unpaired) electrons. The van der Waals surface area contributed by atoms with Crippen molar-refractivity contribution in [2.75, 3.05) is 13.2 Å². The third kappa shape index (κ3) is 1.53. The van der Waals surface area contributed by atoms with Gasteiger partial charge >= 0.3 is 0 Å². The van der Waals surface area contributed by atoms with Crippen molar-refractivity contribution in [2.45, 2.75) is 12.5 Å². The molecule has 1 aliphatic heterocycles. The van der Waals surface area contributed by atoms with Gasteiger partial charge in [0.25, 0.3) is 0 Å². The fourth-order valence-corrected chi connectivity index (χ4v) is 1.52. The molecule has 1 aliphatic rings. The molecular formula is C10H13NO2. The minimum atomic E-state index is -0.297. The minimum absolute atomic E-state index is 0.0290. The van der Waals surface area contributed by atoms with Crippen LogP contribution < -0.4 is 10.5 Å². The molecule has 0 fully saturated rings. The summed E-state index contributed by atoms with van der Waals surface area (Å²) >= 11 is 0. The number of aliphatic hydroxyl groups excluding tert-OH is 1. The van der Waals surface area contributed by atoms with Crippen molar-refractivity contribution < 1.29 is 9.84 Å². The zero-order valence-electron chi connectivity index (χ0n) is 7.36. The number of benzene rings is 1. The fourth-order valence-electron chi connectivity index (χ4n) is 1.52. The maximum Gasteiger partial charge on any atom is 0.122 e. The highest BCUT2D eigenvalue weighted by atomic mass is 16.5. The molecule has 0 amide bonds. The van der Waals surface area contributed by atoms with E-state index in [0.29, 0.717) is 0 Å². The van der Waals surface area contributed by atoms with Crippen LogP contribution in [0.3, 0.4) is 0 Å². The molecule has 1 heterocycles. The third-order valence-electron chi connectivity index (χ3n) is 2.35. The van der Waals surface area contributed by atoms with Gasteiger partial charge in [0.05, 0.1) is 19.3 Å². The van der Waals surface area contributed by atoms with E-state index < -0.39 is 0 Å². The molecule has 1 aromatic carbocycles. The van der Waals surface area contributed by atoms with Crippen LogP contribution in [0.1, 0.15) is 17.2 Å². The van der Waals surface area contributed by atoms with E-state index in [1.807, 2.05) is 18.2 Å². The van der Waals surface area contributed by atoms with Crippen LogP contribution >= 0.6 is 0 Å². The van der Waals surface area contributed by atoms with Crippen molar-refractivity contribution in [3.05, 3.63) is 29.3 Å². The predicted molar refractivity (Wildman–Crippen MR) is 49.7 cm³/mol. The van der Waals surface area contributed by atoms with Gasteiger partial charge in [-0.05, 0) is 17.2 Å². The molecule has 0 unspecified atom stereocenters. The Hall–Kier alpha value is -1.06. The van der Waals surface area contributed by atoms with Crippen LogP contribution in [0.4, 0.5) is 0 Å². The van der Waals surface area contributed by atoms with Gasteiger partial charge in [0.1, 0.15) is 5.75 Å². The third-order valence-corrected chi connectivity index (χ3v) is 2.35. The Labute approximate surface area is 77.1 Å². The molecular weight excluding hydrogens is 166 g/mol. The van der Waals surface area contributed by atoms with Gasteiger partial charge in [0, 0.05) is 6.42 Å². The Morgan fingerprint density at radius 3 is 3.15 bits per heavy atom. The number of ether oxygens (including phenoxy) is 1. The van der Waals surface area contributed by atoms with E-state index in [9.17, 15) is 0 Å². The Balaban J connectivity index is 2.30. The van der Waals surface area contributed by atoms with E-state index in [2.05, 4.69) is 0 Å². The van der Waals surface area contributed by atoms with Gasteiger partial charge in [-0.2, -0.15) is 0 Å². The first-order chi connectivity index (χ1) is 6.31. The van der Waals surface area contributed by atoms with Gasteiger partial charge in [-0.25, -0.2) is 0 Å². The average molecular weight is 179 g/mol. The first-order valence-electron chi connectivity index (χ1n) is 4.43. The van der Waals surface area contributed by atoms with E-state index in [4.69, 9.17) is 15.6 Å². The Kier molecular flexibility index (Phi) is 2.20. The lowest BCUT2D eigenvalue weighted by atomic mass is 10.0. The molecule has 0 aromatic heterocycles. The molecule has 1 aromatic rings.